The first kappa shape index (κ1) is 17.3. The fourth-order valence-corrected chi connectivity index (χ4v) is 1.87. The van der Waals surface area contributed by atoms with Crippen molar-refractivity contribution in [3.05, 3.63) is 0 Å². The van der Waals surface area contributed by atoms with Gasteiger partial charge in [0.25, 0.3) is 0 Å². The number of carbonyl (C=O) groups excluding carboxylic acids is 1. The molecule has 0 saturated heterocycles. The van der Waals surface area contributed by atoms with Crippen LogP contribution in [-0.2, 0) is 4.74 Å². The summed E-state index contributed by atoms with van der Waals surface area (Å²) in [6.45, 7) is 10.2. The molecule has 1 N–H and O–H groups in total. The monoisotopic (exact) mass is 257 g/mol. The van der Waals surface area contributed by atoms with Crippen molar-refractivity contribution in [1.82, 2.24) is 5.32 Å². The lowest BCUT2D eigenvalue weighted by Gasteiger charge is -2.23. The van der Waals surface area contributed by atoms with E-state index in [-0.39, 0.29) is 17.7 Å². The molecule has 0 heterocycles. The molecule has 0 aromatic rings. The molecule has 0 aliphatic carbocycles. The summed E-state index contributed by atoms with van der Waals surface area (Å²) in [7, 11) is 0. The minimum atomic E-state index is -0.281. The Labute approximate surface area is 113 Å². The zero-order valence-electron chi connectivity index (χ0n) is 12.8. The Morgan fingerprint density at radius 1 is 1.06 bits per heavy atom. The maximum absolute atomic E-state index is 11.7. The van der Waals surface area contributed by atoms with Crippen molar-refractivity contribution in [2.45, 2.75) is 91.2 Å². The molecule has 0 rings (SSSR count). The molecule has 1 unspecified atom stereocenters. The van der Waals surface area contributed by atoms with Gasteiger partial charge in [0.2, 0.25) is 0 Å². The van der Waals surface area contributed by atoms with Crippen molar-refractivity contribution in [3.63, 3.8) is 0 Å². The van der Waals surface area contributed by atoms with E-state index in [0.717, 1.165) is 25.7 Å². The Morgan fingerprint density at radius 3 is 2.22 bits per heavy atom. The van der Waals surface area contributed by atoms with E-state index in [1.165, 1.54) is 19.3 Å². The van der Waals surface area contributed by atoms with Gasteiger partial charge in [0.05, 0.1) is 0 Å². The van der Waals surface area contributed by atoms with E-state index in [0.29, 0.717) is 0 Å². The average Bonchev–Trinajstić information content (AvgIpc) is 2.21. The SMILES string of the molecule is CCCCCCC(CCC)OC(=O)NC(C)(C)C. The van der Waals surface area contributed by atoms with Gasteiger partial charge in [-0.1, -0.05) is 39.5 Å². The van der Waals surface area contributed by atoms with Crippen LogP contribution in [-0.4, -0.2) is 17.7 Å². The summed E-state index contributed by atoms with van der Waals surface area (Å²) in [5, 5.41) is 2.85. The molecule has 0 fully saturated rings. The molecule has 3 nitrogen and oxygen atoms in total. The minimum absolute atomic E-state index is 0.0780. The number of hydrogen-bond acceptors (Lipinski definition) is 2. The second-order valence-corrected chi connectivity index (χ2v) is 6.04. The maximum Gasteiger partial charge on any atom is 0.407 e. The predicted octanol–water partition coefficient (Wildman–Crippen LogP) is 4.65. The highest BCUT2D eigenvalue weighted by molar-refractivity contribution is 5.68. The van der Waals surface area contributed by atoms with Gasteiger partial charge in [-0.15, -0.1) is 0 Å². The summed E-state index contributed by atoms with van der Waals surface area (Å²) in [5.41, 5.74) is -0.226. The largest absolute Gasteiger partial charge is 0.446 e. The third-order valence-corrected chi connectivity index (χ3v) is 2.74. The lowest BCUT2D eigenvalue weighted by Crippen LogP contribution is -2.42. The second kappa shape index (κ2) is 9.23. The van der Waals surface area contributed by atoms with Crippen LogP contribution in [0.4, 0.5) is 4.79 Å². The van der Waals surface area contributed by atoms with Crippen LogP contribution in [0.2, 0.25) is 0 Å². The molecule has 0 bridgehead atoms. The van der Waals surface area contributed by atoms with Crippen LogP contribution in [0.25, 0.3) is 0 Å². The van der Waals surface area contributed by atoms with Crippen molar-refractivity contribution in [1.29, 1.82) is 0 Å². The Balaban J connectivity index is 3.98. The molecule has 0 radical (unpaired) electrons. The Morgan fingerprint density at radius 2 is 1.72 bits per heavy atom. The fourth-order valence-electron chi connectivity index (χ4n) is 1.87. The number of ether oxygens (including phenoxy) is 1. The van der Waals surface area contributed by atoms with Gasteiger partial charge in [-0.25, -0.2) is 4.79 Å². The highest BCUT2D eigenvalue weighted by Gasteiger charge is 2.18. The third-order valence-electron chi connectivity index (χ3n) is 2.74. The molecule has 0 aliphatic heterocycles. The molecule has 1 amide bonds. The zero-order valence-corrected chi connectivity index (χ0v) is 12.8. The summed E-state index contributed by atoms with van der Waals surface area (Å²) in [6, 6.07) is 0. The van der Waals surface area contributed by atoms with Crippen molar-refractivity contribution in [2.24, 2.45) is 0 Å². The van der Waals surface area contributed by atoms with Crippen LogP contribution in [0.1, 0.15) is 79.6 Å². The van der Waals surface area contributed by atoms with Crippen molar-refractivity contribution in [2.75, 3.05) is 0 Å². The van der Waals surface area contributed by atoms with E-state index < -0.39 is 0 Å². The number of hydrogen-bond donors (Lipinski definition) is 1. The second-order valence-electron chi connectivity index (χ2n) is 6.04. The van der Waals surface area contributed by atoms with Crippen LogP contribution in [0.15, 0.2) is 0 Å². The van der Waals surface area contributed by atoms with Crippen LogP contribution in [0.3, 0.4) is 0 Å². The topological polar surface area (TPSA) is 38.3 Å². The molecular formula is C15H31NO2. The standard InChI is InChI=1S/C15H31NO2/c1-6-8-9-10-12-13(11-7-2)18-14(17)16-15(3,4)5/h13H,6-12H2,1-5H3,(H,16,17). The van der Waals surface area contributed by atoms with Gasteiger partial charge >= 0.3 is 6.09 Å². The van der Waals surface area contributed by atoms with E-state index in [1.807, 2.05) is 20.8 Å². The van der Waals surface area contributed by atoms with E-state index in [4.69, 9.17) is 4.74 Å². The maximum atomic E-state index is 11.7. The zero-order chi connectivity index (χ0) is 14.0. The number of rotatable bonds is 8. The van der Waals surface area contributed by atoms with E-state index in [1.54, 1.807) is 0 Å². The number of nitrogens with one attached hydrogen (secondary N) is 1. The van der Waals surface area contributed by atoms with Crippen LogP contribution < -0.4 is 5.32 Å². The number of unbranched alkanes of at least 4 members (excludes halogenated alkanes) is 3. The first-order valence-corrected chi connectivity index (χ1v) is 7.37. The smallest absolute Gasteiger partial charge is 0.407 e. The lowest BCUT2D eigenvalue weighted by atomic mass is 10.1. The molecular weight excluding hydrogens is 226 g/mol. The number of amides is 1. The van der Waals surface area contributed by atoms with Gasteiger partial charge in [-0.05, 0) is 40.0 Å². The Bertz CT molecular complexity index is 221. The molecule has 0 spiro atoms. The quantitative estimate of drug-likeness (QED) is 0.643. The Kier molecular flexibility index (Phi) is 8.86. The van der Waals surface area contributed by atoms with Crippen LogP contribution >= 0.6 is 0 Å². The molecule has 0 saturated carbocycles. The first-order valence-electron chi connectivity index (χ1n) is 7.37. The van der Waals surface area contributed by atoms with Gasteiger partial charge in [-0.2, -0.15) is 0 Å². The fraction of sp³-hybridized carbons (Fsp3) is 0.933. The van der Waals surface area contributed by atoms with Crippen LogP contribution in [0.5, 0.6) is 0 Å². The van der Waals surface area contributed by atoms with E-state index >= 15 is 0 Å². The van der Waals surface area contributed by atoms with Gasteiger partial charge in [0, 0.05) is 5.54 Å². The summed E-state index contributed by atoms with van der Waals surface area (Å²) in [4.78, 5) is 11.7. The molecule has 1 atom stereocenters. The van der Waals surface area contributed by atoms with Crippen molar-refractivity contribution >= 4 is 6.09 Å². The summed E-state index contributed by atoms with van der Waals surface area (Å²) in [5.74, 6) is 0. The summed E-state index contributed by atoms with van der Waals surface area (Å²) >= 11 is 0. The number of alkyl carbamates (subject to hydrolysis) is 1. The lowest BCUT2D eigenvalue weighted by molar-refractivity contribution is 0.0797. The normalized spacial score (nSPS) is 13.2. The molecule has 0 aromatic heterocycles. The minimum Gasteiger partial charge on any atom is -0.446 e. The Hall–Kier alpha value is -0.730. The van der Waals surface area contributed by atoms with Crippen molar-refractivity contribution in [3.8, 4) is 0 Å². The van der Waals surface area contributed by atoms with Gasteiger partial charge in [0.15, 0.2) is 0 Å². The van der Waals surface area contributed by atoms with Gasteiger partial charge in [0.1, 0.15) is 6.10 Å². The molecule has 3 heteroatoms. The molecule has 108 valence electrons. The molecule has 0 aromatic carbocycles. The van der Waals surface area contributed by atoms with E-state index in [9.17, 15) is 4.79 Å². The van der Waals surface area contributed by atoms with Crippen LogP contribution in [0, 0.1) is 0 Å². The first-order chi connectivity index (χ1) is 8.39. The number of carbonyl (C=O) groups is 1. The average molecular weight is 257 g/mol. The van der Waals surface area contributed by atoms with Gasteiger partial charge < -0.3 is 10.1 Å². The van der Waals surface area contributed by atoms with Gasteiger partial charge in [-0.3, -0.25) is 0 Å². The molecule has 18 heavy (non-hydrogen) atoms. The summed E-state index contributed by atoms with van der Waals surface area (Å²) in [6.07, 6.45) is 7.71. The highest BCUT2D eigenvalue weighted by Crippen LogP contribution is 2.13. The molecule has 0 aliphatic rings. The summed E-state index contributed by atoms with van der Waals surface area (Å²) < 4.78 is 5.50. The highest BCUT2D eigenvalue weighted by atomic mass is 16.6. The van der Waals surface area contributed by atoms with Crippen molar-refractivity contribution < 1.29 is 9.53 Å². The van der Waals surface area contributed by atoms with E-state index in [2.05, 4.69) is 19.2 Å². The predicted molar refractivity (Wildman–Crippen MR) is 76.8 cm³/mol. The third kappa shape index (κ3) is 10.4.